The molecule has 1 aliphatic rings. The average molecular weight is 657 g/mol. The lowest BCUT2D eigenvalue weighted by Crippen LogP contribution is -2.40. The van der Waals surface area contributed by atoms with Crippen LogP contribution in [0.5, 0.6) is 11.5 Å². The minimum Gasteiger partial charge on any atom is -0.497 e. The highest BCUT2D eigenvalue weighted by Crippen LogP contribution is 2.32. The Hall–Kier alpha value is -4.63. The van der Waals surface area contributed by atoms with Crippen molar-refractivity contribution < 1.29 is 14.3 Å². The maximum Gasteiger partial charge on any atom is 0.271 e. The van der Waals surface area contributed by atoms with Crippen molar-refractivity contribution in [3.8, 4) is 11.5 Å². The van der Waals surface area contributed by atoms with Crippen LogP contribution in [0.15, 0.2) is 118 Å². The summed E-state index contributed by atoms with van der Waals surface area (Å²) < 4.78 is 13.5. The first-order valence-corrected chi connectivity index (χ1v) is 15.6. The van der Waals surface area contributed by atoms with E-state index in [-0.39, 0.29) is 18.1 Å². The second kappa shape index (κ2) is 13.2. The molecule has 1 atom stereocenters. The van der Waals surface area contributed by atoms with Gasteiger partial charge in [0.2, 0.25) is 0 Å². The molecule has 0 saturated carbocycles. The van der Waals surface area contributed by atoms with Crippen molar-refractivity contribution in [2.75, 3.05) is 12.4 Å². The first-order chi connectivity index (χ1) is 21.8. The van der Waals surface area contributed by atoms with Crippen molar-refractivity contribution in [3.05, 3.63) is 155 Å². The smallest absolute Gasteiger partial charge is 0.271 e. The first kappa shape index (κ1) is 30.4. The van der Waals surface area contributed by atoms with E-state index >= 15 is 0 Å². The monoisotopic (exact) mass is 655 g/mol. The van der Waals surface area contributed by atoms with Crippen molar-refractivity contribution >= 4 is 52.2 Å². The molecular weight excluding hydrogens is 629 g/mol. The highest BCUT2D eigenvalue weighted by Gasteiger charge is 2.32. The number of rotatable bonds is 8. The number of para-hydroxylation sites is 1. The summed E-state index contributed by atoms with van der Waals surface area (Å²) >= 11 is 13.6. The van der Waals surface area contributed by atoms with Crippen LogP contribution < -0.4 is 29.7 Å². The molecule has 1 amide bonds. The van der Waals surface area contributed by atoms with Crippen LogP contribution in [0.1, 0.15) is 29.7 Å². The van der Waals surface area contributed by atoms with Crippen LogP contribution in [0, 0.1) is 0 Å². The van der Waals surface area contributed by atoms with E-state index < -0.39 is 6.04 Å². The molecule has 1 aromatic heterocycles. The molecule has 1 aliphatic heterocycles. The van der Waals surface area contributed by atoms with Gasteiger partial charge in [-0.3, -0.25) is 14.2 Å². The number of allylic oxidation sites excluding steroid dienone is 1. The fraction of sp³-hybridized carbons (Fsp3) is 0.114. The number of anilines is 1. The van der Waals surface area contributed by atoms with E-state index in [1.54, 1.807) is 36.8 Å². The van der Waals surface area contributed by atoms with Crippen LogP contribution in [0.3, 0.4) is 0 Å². The Morgan fingerprint density at radius 2 is 1.76 bits per heavy atom. The van der Waals surface area contributed by atoms with Crippen molar-refractivity contribution in [2.24, 2.45) is 4.99 Å². The lowest BCUT2D eigenvalue weighted by Gasteiger charge is -2.25. The van der Waals surface area contributed by atoms with Crippen LogP contribution in [-0.2, 0) is 11.4 Å². The number of nitrogens with one attached hydrogen (secondary N) is 1. The first-order valence-electron chi connectivity index (χ1n) is 14.0. The summed E-state index contributed by atoms with van der Waals surface area (Å²) in [5.41, 5.74) is 3.59. The van der Waals surface area contributed by atoms with Crippen LogP contribution in [0.4, 0.5) is 5.69 Å². The fourth-order valence-electron chi connectivity index (χ4n) is 5.10. The zero-order valence-electron chi connectivity index (χ0n) is 24.3. The molecule has 226 valence electrons. The van der Waals surface area contributed by atoms with E-state index in [0.29, 0.717) is 47.8 Å². The molecule has 6 rings (SSSR count). The van der Waals surface area contributed by atoms with Gasteiger partial charge >= 0.3 is 0 Å². The summed E-state index contributed by atoms with van der Waals surface area (Å²) in [6.45, 7) is 2.05. The summed E-state index contributed by atoms with van der Waals surface area (Å²) in [5.74, 6) is 0.895. The number of nitrogens with zero attached hydrogens (tertiary/aromatic N) is 2. The number of halogens is 2. The number of amides is 1. The molecule has 0 unspecified atom stereocenters. The number of ether oxygens (including phenoxy) is 2. The zero-order valence-corrected chi connectivity index (χ0v) is 26.6. The number of fused-ring (bicyclic) bond motifs is 1. The van der Waals surface area contributed by atoms with Gasteiger partial charge in [-0.05, 0) is 72.7 Å². The Morgan fingerprint density at radius 3 is 2.53 bits per heavy atom. The minimum atomic E-state index is -0.721. The Kier molecular flexibility index (Phi) is 8.89. The topological polar surface area (TPSA) is 81.9 Å². The van der Waals surface area contributed by atoms with Gasteiger partial charge in [0.15, 0.2) is 4.80 Å². The van der Waals surface area contributed by atoms with Gasteiger partial charge in [-0.25, -0.2) is 4.99 Å². The van der Waals surface area contributed by atoms with E-state index in [1.165, 1.54) is 11.3 Å². The second-order valence-electron chi connectivity index (χ2n) is 10.3. The standard InChI is InChI=1S/C35H27Cl2N3O4S/c1-21-31(33(41)39-26-10-4-3-5-11-26)32(23-9-7-12-27(18-23)43-2)40-34(42)30(45-35(40)38-21)17-22-8-6-13-28(16-22)44-20-24-14-15-25(36)19-29(24)37/h3-19,32H,20H2,1-2H3,(H,39,41)/b30-17-/t32-/m1/s1. The van der Waals surface area contributed by atoms with E-state index in [4.69, 9.17) is 37.7 Å². The Morgan fingerprint density at radius 1 is 0.978 bits per heavy atom. The summed E-state index contributed by atoms with van der Waals surface area (Å²) in [6.07, 6.45) is 1.80. The molecule has 0 aliphatic carbocycles. The minimum absolute atomic E-state index is 0.259. The molecule has 4 aromatic carbocycles. The van der Waals surface area contributed by atoms with Gasteiger partial charge in [0, 0.05) is 21.3 Å². The highest BCUT2D eigenvalue weighted by atomic mass is 35.5. The van der Waals surface area contributed by atoms with Gasteiger partial charge < -0.3 is 14.8 Å². The van der Waals surface area contributed by atoms with Crippen molar-refractivity contribution in [3.63, 3.8) is 0 Å². The summed E-state index contributed by atoms with van der Waals surface area (Å²) in [6, 6.07) is 28.6. The Labute approximate surface area is 273 Å². The van der Waals surface area contributed by atoms with Gasteiger partial charge in [0.25, 0.3) is 11.5 Å². The van der Waals surface area contributed by atoms with Gasteiger partial charge in [-0.15, -0.1) is 0 Å². The van der Waals surface area contributed by atoms with E-state index in [1.807, 2.05) is 84.9 Å². The second-order valence-corrected chi connectivity index (χ2v) is 12.1. The third-order valence-electron chi connectivity index (χ3n) is 7.27. The summed E-state index contributed by atoms with van der Waals surface area (Å²) in [4.78, 5) is 33.1. The predicted octanol–water partition coefficient (Wildman–Crippen LogP) is 6.77. The van der Waals surface area contributed by atoms with Crippen LogP contribution in [0.25, 0.3) is 6.08 Å². The molecule has 0 saturated heterocycles. The molecule has 5 aromatic rings. The summed E-state index contributed by atoms with van der Waals surface area (Å²) in [7, 11) is 1.58. The number of benzene rings is 4. The lowest BCUT2D eigenvalue weighted by atomic mass is 9.95. The normalized spacial score (nSPS) is 14.5. The number of aromatic nitrogens is 1. The summed E-state index contributed by atoms with van der Waals surface area (Å²) in [5, 5.41) is 4.05. The van der Waals surface area contributed by atoms with Crippen LogP contribution in [0.2, 0.25) is 10.0 Å². The highest BCUT2D eigenvalue weighted by molar-refractivity contribution is 7.07. The van der Waals surface area contributed by atoms with Gasteiger partial charge in [0.1, 0.15) is 18.1 Å². The SMILES string of the molecule is COc1cccc([C@@H]2C(C(=O)Nc3ccccc3)=C(C)N=c3s/c(=C\c4cccc(OCc5ccc(Cl)cc5Cl)c4)c(=O)n32)c1. The Bertz CT molecular complexity index is 2120. The number of thiazole rings is 1. The van der Waals surface area contributed by atoms with Crippen LogP contribution >= 0.6 is 34.5 Å². The van der Waals surface area contributed by atoms with Crippen LogP contribution in [-0.4, -0.2) is 17.6 Å². The lowest BCUT2D eigenvalue weighted by molar-refractivity contribution is -0.113. The molecule has 0 bridgehead atoms. The molecule has 1 N–H and O–H groups in total. The maximum atomic E-state index is 14.1. The number of hydrogen-bond donors (Lipinski definition) is 1. The third-order valence-corrected chi connectivity index (χ3v) is 8.84. The predicted molar refractivity (Wildman–Crippen MR) is 179 cm³/mol. The maximum absolute atomic E-state index is 14.1. The molecule has 10 heteroatoms. The molecule has 2 heterocycles. The third kappa shape index (κ3) is 6.59. The average Bonchev–Trinajstić information content (AvgIpc) is 3.34. The number of methoxy groups -OCH3 is 1. The van der Waals surface area contributed by atoms with Crippen molar-refractivity contribution in [2.45, 2.75) is 19.6 Å². The molecule has 7 nitrogen and oxygen atoms in total. The van der Waals surface area contributed by atoms with Gasteiger partial charge in [-0.2, -0.15) is 0 Å². The van der Waals surface area contributed by atoms with Crippen molar-refractivity contribution in [1.29, 1.82) is 0 Å². The molecular formula is C35H27Cl2N3O4S. The largest absolute Gasteiger partial charge is 0.497 e. The molecule has 0 radical (unpaired) electrons. The quantitative estimate of drug-likeness (QED) is 0.200. The van der Waals surface area contributed by atoms with E-state index in [9.17, 15) is 9.59 Å². The van der Waals surface area contributed by atoms with Crippen molar-refractivity contribution in [1.82, 2.24) is 4.57 Å². The molecule has 45 heavy (non-hydrogen) atoms. The Balaban J connectivity index is 1.38. The number of hydrogen-bond acceptors (Lipinski definition) is 6. The van der Waals surface area contributed by atoms with E-state index in [0.717, 1.165) is 16.7 Å². The molecule has 0 fully saturated rings. The fourth-order valence-corrected chi connectivity index (χ4v) is 6.61. The number of carbonyl (C=O) groups excluding carboxylic acids is 1. The zero-order chi connectivity index (χ0) is 31.5. The van der Waals surface area contributed by atoms with E-state index in [2.05, 4.69) is 5.32 Å². The van der Waals surface area contributed by atoms with Gasteiger partial charge in [-0.1, -0.05) is 83.1 Å². The number of carbonyl (C=O) groups is 1. The molecule has 0 spiro atoms. The van der Waals surface area contributed by atoms with Gasteiger partial charge in [0.05, 0.1) is 29.0 Å².